The second-order valence-electron chi connectivity index (χ2n) is 17.8. The topological polar surface area (TPSA) is 340 Å². The summed E-state index contributed by atoms with van der Waals surface area (Å²) < 4.78 is 5.62. The Bertz CT molecular complexity index is 2530. The number of aromatic hydroxyl groups is 1. The van der Waals surface area contributed by atoms with Crippen molar-refractivity contribution in [3.05, 3.63) is 102 Å². The third-order valence-electron chi connectivity index (χ3n) is 12.0. The number of aliphatic hydroxyl groups excluding tert-OH is 2. The van der Waals surface area contributed by atoms with Gasteiger partial charge in [-0.3, -0.25) is 49.4 Å². The summed E-state index contributed by atoms with van der Waals surface area (Å²) in [6.45, 7) is 11.6. The van der Waals surface area contributed by atoms with E-state index in [4.69, 9.17) is 16.2 Å². The van der Waals surface area contributed by atoms with E-state index in [9.17, 15) is 58.5 Å². The summed E-state index contributed by atoms with van der Waals surface area (Å²) in [6.07, 6.45) is 2.36. The van der Waals surface area contributed by atoms with Crippen LogP contribution >= 0.6 is 11.8 Å². The molecule has 0 aliphatic carbocycles. The molecule has 0 saturated carbocycles. The van der Waals surface area contributed by atoms with Crippen molar-refractivity contribution in [1.29, 1.82) is 0 Å². The van der Waals surface area contributed by atoms with Crippen LogP contribution in [0, 0.1) is 12.8 Å². The molecule has 0 bridgehead atoms. The molecule has 1 saturated heterocycles. The normalized spacial score (nSPS) is 17.6. The first kappa shape index (κ1) is 57.3. The molecule has 25 heteroatoms. The van der Waals surface area contributed by atoms with Gasteiger partial charge in [0, 0.05) is 30.1 Å². The fraction of sp³-hybridized carbons (Fsp3) is 0.408. The number of thioether (sulfide) groups is 1. The van der Waals surface area contributed by atoms with Gasteiger partial charge in [-0.15, -0.1) is 0 Å². The Kier molecular flexibility index (Phi) is 20.4. The number of allylic oxidation sites excluding steroid dienone is 1. The third-order valence-corrected chi connectivity index (χ3v) is 12.9. The van der Waals surface area contributed by atoms with Gasteiger partial charge in [0.25, 0.3) is 5.91 Å². The third kappa shape index (κ3) is 15.0. The van der Waals surface area contributed by atoms with Crippen LogP contribution in [0.1, 0.15) is 61.0 Å². The zero-order valence-corrected chi connectivity index (χ0v) is 42.0. The number of nitrogens with zero attached hydrogens (tertiary/aromatic N) is 5. The number of carbonyl (C=O) groups excluding carboxylic acids is 9. The van der Waals surface area contributed by atoms with E-state index in [0.717, 1.165) is 34.9 Å². The molecule has 9 amide bonds. The molecule has 5 rings (SSSR count). The smallest absolute Gasteiger partial charge is 0.416 e. The van der Waals surface area contributed by atoms with Gasteiger partial charge in [0.1, 0.15) is 30.1 Å². The molecule has 11 N–H and O–H groups in total. The first-order valence-corrected chi connectivity index (χ1v) is 24.6. The van der Waals surface area contributed by atoms with Crippen LogP contribution in [0.4, 0.5) is 16.2 Å². The molecule has 0 spiro atoms. The molecule has 2 aromatic carbocycles. The highest BCUT2D eigenvalue weighted by Crippen LogP contribution is 2.42. The van der Waals surface area contributed by atoms with Crippen molar-refractivity contribution in [2.45, 2.75) is 83.8 Å². The number of amides is 9. The minimum Gasteiger partial charge on any atom is -0.505 e. The minimum absolute atomic E-state index is 0.0173. The van der Waals surface area contributed by atoms with Crippen molar-refractivity contribution in [2.75, 3.05) is 48.3 Å². The van der Waals surface area contributed by atoms with E-state index < -0.39 is 89.8 Å². The van der Waals surface area contributed by atoms with Gasteiger partial charge in [0.15, 0.2) is 12.6 Å². The average molecular weight is 1050 g/mol. The first-order chi connectivity index (χ1) is 35.1. The van der Waals surface area contributed by atoms with Crippen LogP contribution in [0.2, 0.25) is 0 Å². The maximum absolute atomic E-state index is 13.9. The van der Waals surface area contributed by atoms with E-state index in [1.807, 2.05) is 0 Å². The molecule has 398 valence electrons. The monoisotopic (exact) mass is 1050 g/mol. The molecule has 1 fully saturated rings. The second kappa shape index (κ2) is 26.4. The van der Waals surface area contributed by atoms with E-state index in [1.54, 1.807) is 32.9 Å². The summed E-state index contributed by atoms with van der Waals surface area (Å²) in [6, 6.07) is 5.81. The van der Waals surface area contributed by atoms with Crippen molar-refractivity contribution in [3.8, 4) is 5.75 Å². The summed E-state index contributed by atoms with van der Waals surface area (Å²) in [4.78, 5) is 123. The van der Waals surface area contributed by atoms with Crippen LogP contribution in [-0.4, -0.2) is 157 Å². The average Bonchev–Trinajstić information content (AvgIpc) is 3.78. The van der Waals surface area contributed by atoms with Crippen molar-refractivity contribution in [1.82, 2.24) is 35.6 Å². The Labute approximate surface area is 431 Å². The molecule has 0 radical (unpaired) electrons. The number of benzene rings is 2. The number of rotatable bonds is 22. The summed E-state index contributed by atoms with van der Waals surface area (Å²) >= 11 is 1.13. The largest absolute Gasteiger partial charge is 0.505 e. The van der Waals surface area contributed by atoms with Crippen LogP contribution < -0.4 is 37.6 Å². The number of hydrogen-bond donors (Lipinski definition) is 9. The van der Waals surface area contributed by atoms with Gasteiger partial charge >= 0.3 is 6.09 Å². The number of phenols is 1. The second-order valence-corrected chi connectivity index (χ2v) is 18.9. The number of ether oxygens (including phenoxy) is 1. The van der Waals surface area contributed by atoms with Gasteiger partial charge < -0.3 is 61.3 Å². The lowest BCUT2D eigenvalue weighted by atomic mass is 10.0. The number of nitrogens with one attached hydrogen (secondary N) is 4. The number of nitrogens with two attached hydrogens (primary N) is 2. The van der Waals surface area contributed by atoms with Crippen LogP contribution in [0.5, 0.6) is 5.75 Å². The van der Waals surface area contributed by atoms with Crippen molar-refractivity contribution >= 4 is 76.5 Å². The van der Waals surface area contributed by atoms with Gasteiger partial charge in [0.05, 0.1) is 37.4 Å². The number of fused-ring (bicyclic) bond motifs is 2. The number of anilines is 2. The first-order valence-electron chi connectivity index (χ1n) is 23.5. The fourth-order valence-electron chi connectivity index (χ4n) is 8.06. The standard InChI is InChI=1S/C49H63N11O13S/c1-6-38(63)56-25-57(39(64)7-2)27-58(26-56)40(65)18-20-74-24-37(62)55-41(28(3)4)45(68)54-34(9-8-19-52-48(51)71)44(67)53-32-14-11-30(12-15-32)23-73-49(72)60-42-33(16-10-29(5)43(42)66)46(69)59-22-31(13-17-36(50)61)21-35(59)47(60)70/h6-7,10-17,22,28,34-35,41,47-48,52,66,70-71H,1-2,8-9,18-21,23-27,51H2,3-5H3,(H2,50,61)(H,53,67)(H,54,68)(H,55,62)/b17-13+/t34-,35-,41-,47-,48?/m0/s1. The lowest BCUT2D eigenvalue weighted by Gasteiger charge is -2.41. The number of phenolic OH excluding ortho intramolecular Hbond substituents is 1. The SMILES string of the molecule is C=CC(=O)N1CN(C(=O)C=C)CN(C(=O)CCSCC(=O)N[C@H](C(=O)N[C@@H](CCCNC(N)O)C(=O)Nc2ccc(COC(=O)N3c4c(ccc(C)c4O)C(=O)N4C=C(/C=C/C(N)=O)C[C@H]4[C@@H]3O)cc2)C(C)C)C1. The number of aryl methyl sites for hydroxylation is 1. The molecule has 2 aromatic rings. The fourth-order valence-corrected chi connectivity index (χ4v) is 8.79. The van der Waals surface area contributed by atoms with Gasteiger partial charge in [-0.05, 0) is 85.7 Å². The van der Waals surface area contributed by atoms with Crippen LogP contribution in [0.25, 0.3) is 0 Å². The molecule has 3 heterocycles. The Morgan fingerprint density at radius 1 is 0.932 bits per heavy atom. The van der Waals surface area contributed by atoms with Crippen LogP contribution in [0.15, 0.2) is 85.6 Å². The van der Waals surface area contributed by atoms with E-state index in [-0.39, 0.29) is 87.5 Å². The molecule has 74 heavy (non-hydrogen) atoms. The van der Waals surface area contributed by atoms with Crippen molar-refractivity contribution < 1.29 is 63.2 Å². The maximum atomic E-state index is 13.9. The molecule has 0 aromatic heterocycles. The lowest BCUT2D eigenvalue weighted by Crippen LogP contribution is -2.59. The number of aliphatic hydroxyl groups is 2. The lowest BCUT2D eigenvalue weighted by molar-refractivity contribution is -0.154. The van der Waals surface area contributed by atoms with Gasteiger partial charge in [0.2, 0.25) is 41.4 Å². The zero-order valence-electron chi connectivity index (χ0n) is 41.2. The maximum Gasteiger partial charge on any atom is 0.416 e. The van der Waals surface area contributed by atoms with E-state index >= 15 is 0 Å². The van der Waals surface area contributed by atoms with Crippen LogP contribution in [-0.2, 0) is 44.9 Å². The minimum atomic E-state index is -1.71. The molecule has 1 unspecified atom stereocenters. The highest BCUT2D eigenvalue weighted by Gasteiger charge is 2.46. The number of carbonyl (C=O) groups is 9. The van der Waals surface area contributed by atoms with Gasteiger partial charge in [-0.2, -0.15) is 11.8 Å². The Morgan fingerprint density at radius 3 is 2.19 bits per heavy atom. The number of hydrogen-bond acceptors (Lipinski definition) is 16. The summed E-state index contributed by atoms with van der Waals surface area (Å²) in [7, 11) is 0. The van der Waals surface area contributed by atoms with Gasteiger partial charge in [-0.25, -0.2) is 9.69 Å². The summed E-state index contributed by atoms with van der Waals surface area (Å²) in [5.74, 6) is -5.17. The summed E-state index contributed by atoms with van der Waals surface area (Å²) in [5, 5.41) is 43.1. The van der Waals surface area contributed by atoms with Crippen molar-refractivity contribution in [3.63, 3.8) is 0 Å². The Balaban J connectivity index is 1.18. The molecule has 5 atom stereocenters. The Morgan fingerprint density at radius 2 is 1.58 bits per heavy atom. The molecular weight excluding hydrogens is 983 g/mol. The predicted octanol–water partition coefficient (Wildman–Crippen LogP) is 0.351. The molecule has 3 aliphatic heterocycles. The van der Waals surface area contributed by atoms with E-state index in [0.29, 0.717) is 22.4 Å². The van der Waals surface area contributed by atoms with Crippen molar-refractivity contribution in [2.24, 2.45) is 17.4 Å². The quantitative estimate of drug-likeness (QED) is 0.0437. The molecular formula is C49H63N11O13S. The molecule has 24 nitrogen and oxygen atoms in total. The zero-order chi connectivity index (χ0) is 54.4. The Hall–Kier alpha value is -7.58. The van der Waals surface area contributed by atoms with Crippen LogP contribution in [0.3, 0.4) is 0 Å². The van der Waals surface area contributed by atoms with E-state index in [1.165, 1.54) is 56.1 Å². The van der Waals surface area contributed by atoms with E-state index in [2.05, 4.69) is 34.4 Å². The highest BCUT2D eigenvalue weighted by atomic mass is 32.2. The highest BCUT2D eigenvalue weighted by molar-refractivity contribution is 7.99. The van der Waals surface area contributed by atoms with Gasteiger partial charge in [-0.1, -0.05) is 51.3 Å². The summed E-state index contributed by atoms with van der Waals surface area (Å²) in [5.41, 5.74) is 11.8. The predicted molar refractivity (Wildman–Crippen MR) is 271 cm³/mol. The number of primary amides is 1. The molecule has 3 aliphatic rings.